The Morgan fingerprint density at radius 2 is 1.75 bits per heavy atom. The van der Waals surface area contributed by atoms with Crippen molar-refractivity contribution in [3.63, 3.8) is 0 Å². The molecule has 0 saturated carbocycles. The van der Waals surface area contributed by atoms with Crippen LogP contribution >= 0.6 is 47.8 Å². The van der Waals surface area contributed by atoms with Gasteiger partial charge in [0.25, 0.3) is 5.97 Å². The summed E-state index contributed by atoms with van der Waals surface area (Å²) in [6.07, 6.45) is 0.652. The zero-order valence-electron chi connectivity index (χ0n) is 6.64. The van der Waals surface area contributed by atoms with Gasteiger partial charge in [-0.2, -0.15) is 0 Å². The number of ether oxygens (including phenoxy) is 3. The van der Waals surface area contributed by atoms with Gasteiger partial charge in [-0.15, -0.1) is 0 Å². The number of alkyl halides is 3. The van der Waals surface area contributed by atoms with Crippen molar-refractivity contribution in [2.75, 3.05) is 14.2 Å². The van der Waals surface area contributed by atoms with Gasteiger partial charge in [-0.1, -0.05) is 47.8 Å². The molecule has 0 amide bonds. The third kappa shape index (κ3) is 2.22. The van der Waals surface area contributed by atoms with Gasteiger partial charge in [0.15, 0.2) is 2.14 Å². The van der Waals surface area contributed by atoms with E-state index < -0.39 is 8.12 Å². The highest BCUT2D eigenvalue weighted by molar-refractivity contribution is 9.39. The lowest BCUT2D eigenvalue weighted by atomic mass is 10.1. The Bertz CT molecular complexity index is 156. The molecule has 0 N–H and O–H groups in total. The van der Waals surface area contributed by atoms with Crippen LogP contribution < -0.4 is 0 Å². The highest BCUT2D eigenvalue weighted by Gasteiger charge is 2.54. The molecular formula is C6H9Br3O3. The van der Waals surface area contributed by atoms with E-state index in [1.807, 2.05) is 0 Å². The first-order valence-electron chi connectivity index (χ1n) is 3.28. The molecule has 6 heteroatoms. The van der Waals surface area contributed by atoms with Crippen molar-refractivity contribution >= 4 is 47.8 Å². The van der Waals surface area contributed by atoms with Crippen LogP contribution in [0.4, 0.5) is 0 Å². The van der Waals surface area contributed by atoms with E-state index in [4.69, 9.17) is 14.2 Å². The van der Waals surface area contributed by atoms with E-state index in [1.54, 1.807) is 14.2 Å². The first-order valence-corrected chi connectivity index (χ1v) is 5.66. The zero-order chi connectivity index (χ0) is 9.41. The van der Waals surface area contributed by atoms with Gasteiger partial charge in [-0.05, 0) is 0 Å². The lowest BCUT2D eigenvalue weighted by Crippen LogP contribution is -2.57. The van der Waals surface area contributed by atoms with Crippen molar-refractivity contribution in [3.8, 4) is 0 Å². The predicted octanol–water partition coefficient (Wildman–Crippen LogP) is 2.56. The van der Waals surface area contributed by atoms with E-state index in [-0.39, 0.29) is 6.10 Å². The molecule has 12 heavy (non-hydrogen) atoms. The summed E-state index contributed by atoms with van der Waals surface area (Å²) >= 11 is 10.1. The average molecular weight is 369 g/mol. The number of halogens is 3. The molecule has 3 nitrogen and oxygen atoms in total. The summed E-state index contributed by atoms with van der Waals surface area (Å²) in [5, 5.41) is 0. The van der Waals surface area contributed by atoms with Crippen LogP contribution in [-0.4, -0.2) is 28.4 Å². The van der Waals surface area contributed by atoms with Gasteiger partial charge < -0.3 is 14.2 Å². The highest BCUT2D eigenvalue weighted by atomic mass is 80.0. The average Bonchev–Trinajstić information content (AvgIpc) is 1.85. The Labute approximate surface area is 96.5 Å². The summed E-state index contributed by atoms with van der Waals surface area (Å²) in [7, 11) is 3.11. The Balaban J connectivity index is 2.45. The van der Waals surface area contributed by atoms with Crippen molar-refractivity contribution in [3.05, 3.63) is 0 Å². The molecular weight excluding hydrogens is 360 g/mol. The molecule has 1 fully saturated rings. The normalized spacial score (nSPS) is 28.2. The third-order valence-electron chi connectivity index (χ3n) is 1.74. The fourth-order valence-electron chi connectivity index (χ4n) is 0.963. The molecule has 1 unspecified atom stereocenters. The van der Waals surface area contributed by atoms with Crippen LogP contribution in [0, 0.1) is 0 Å². The lowest BCUT2D eigenvalue weighted by molar-refractivity contribution is -0.443. The topological polar surface area (TPSA) is 27.7 Å². The predicted molar refractivity (Wildman–Crippen MR) is 55.8 cm³/mol. The van der Waals surface area contributed by atoms with E-state index >= 15 is 0 Å². The summed E-state index contributed by atoms with van der Waals surface area (Å²) in [5.74, 6) is -0.856. The molecule has 0 aromatic rings. The summed E-state index contributed by atoms with van der Waals surface area (Å²) < 4.78 is 15.1. The Morgan fingerprint density at radius 1 is 1.33 bits per heavy atom. The van der Waals surface area contributed by atoms with Gasteiger partial charge in [-0.25, -0.2) is 0 Å². The molecule has 1 rings (SSSR count). The van der Waals surface area contributed by atoms with Crippen LogP contribution in [0.25, 0.3) is 0 Å². The smallest absolute Gasteiger partial charge is 0.285 e. The molecule has 1 aliphatic rings. The van der Waals surface area contributed by atoms with Crippen LogP contribution in [0.2, 0.25) is 0 Å². The van der Waals surface area contributed by atoms with Crippen molar-refractivity contribution in [1.82, 2.24) is 0 Å². The van der Waals surface area contributed by atoms with E-state index in [2.05, 4.69) is 47.8 Å². The van der Waals surface area contributed by atoms with Crippen LogP contribution in [-0.2, 0) is 14.2 Å². The van der Waals surface area contributed by atoms with E-state index in [9.17, 15) is 0 Å². The Morgan fingerprint density at radius 3 is 2.00 bits per heavy atom. The minimum atomic E-state index is -0.856. The number of hydrogen-bond donors (Lipinski definition) is 0. The van der Waals surface area contributed by atoms with E-state index in [0.29, 0.717) is 6.42 Å². The monoisotopic (exact) mass is 366 g/mol. The summed E-state index contributed by atoms with van der Waals surface area (Å²) in [6, 6.07) is 0. The van der Waals surface area contributed by atoms with Crippen molar-refractivity contribution in [1.29, 1.82) is 0 Å². The van der Waals surface area contributed by atoms with Gasteiger partial charge in [0.05, 0.1) is 6.42 Å². The van der Waals surface area contributed by atoms with Crippen molar-refractivity contribution < 1.29 is 14.2 Å². The SMILES string of the molecule is COC1(OC)CC(C(Br)(Br)Br)O1. The molecule has 0 aliphatic carbocycles. The fraction of sp³-hybridized carbons (Fsp3) is 1.00. The molecule has 1 aliphatic heterocycles. The van der Waals surface area contributed by atoms with Crippen LogP contribution in [0.3, 0.4) is 0 Å². The maximum Gasteiger partial charge on any atom is 0.285 e. The van der Waals surface area contributed by atoms with Crippen molar-refractivity contribution in [2.24, 2.45) is 0 Å². The van der Waals surface area contributed by atoms with Crippen LogP contribution in [0.5, 0.6) is 0 Å². The second-order valence-corrected chi connectivity index (χ2v) is 9.39. The molecule has 0 bridgehead atoms. The maximum atomic E-state index is 5.40. The molecule has 0 aromatic heterocycles. The molecule has 1 atom stereocenters. The molecule has 72 valence electrons. The first-order chi connectivity index (χ1) is 5.43. The van der Waals surface area contributed by atoms with Gasteiger partial charge in [0.1, 0.15) is 6.10 Å². The van der Waals surface area contributed by atoms with E-state index in [0.717, 1.165) is 0 Å². The summed E-state index contributed by atoms with van der Waals surface area (Å²) in [6.45, 7) is 0. The van der Waals surface area contributed by atoms with Gasteiger partial charge >= 0.3 is 0 Å². The quantitative estimate of drug-likeness (QED) is 0.554. The summed E-state index contributed by atoms with van der Waals surface area (Å²) in [5.41, 5.74) is 0. The fourth-order valence-corrected chi connectivity index (χ4v) is 1.73. The number of methoxy groups -OCH3 is 2. The molecule has 1 heterocycles. The molecule has 0 aromatic carbocycles. The van der Waals surface area contributed by atoms with Crippen LogP contribution in [0.15, 0.2) is 0 Å². The number of hydrogen-bond acceptors (Lipinski definition) is 3. The van der Waals surface area contributed by atoms with E-state index in [1.165, 1.54) is 0 Å². The van der Waals surface area contributed by atoms with Gasteiger partial charge in [0.2, 0.25) is 0 Å². The zero-order valence-corrected chi connectivity index (χ0v) is 11.4. The molecule has 0 radical (unpaired) electrons. The first kappa shape index (κ1) is 11.4. The largest absolute Gasteiger partial charge is 0.331 e. The van der Waals surface area contributed by atoms with Gasteiger partial charge in [-0.3, -0.25) is 0 Å². The van der Waals surface area contributed by atoms with Crippen LogP contribution in [0.1, 0.15) is 6.42 Å². The standard InChI is InChI=1S/C6H9Br3O3/c1-10-5(11-2)3-4(12-5)6(7,8)9/h4H,3H2,1-2H3. The second kappa shape index (κ2) is 3.82. The second-order valence-electron chi connectivity index (χ2n) is 2.44. The molecule has 0 spiro atoms. The van der Waals surface area contributed by atoms with Crippen molar-refractivity contribution in [2.45, 2.75) is 20.6 Å². The number of rotatable bonds is 2. The third-order valence-corrected chi connectivity index (χ3v) is 3.28. The minimum Gasteiger partial charge on any atom is -0.331 e. The summed E-state index contributed by atoms with van der Waals surface area (Å²) in [4.78, 5) is 0. The Hall–Kier alpha value is 1.32. The van der Waals surface area contributed by atoms with Gasteiger partial charge in [0, 0.05) is 14.2 Å². The minimum absolute atomic E-state index is 0.0163. The maximum absolute atomic E-state index is 5.40. The Kier molecular flexibility index (Phi) is 3.63. The molecule has 1 saturated heterocycles. The highest BCUT2D eigenvalue weighted by Crippen LogP contribution is 2.49. The lowest BCUT2D eigenvalue weighted by Gasteiger charge is -2.47.